The molecule has 0 aromatic heterocycles. The standard InChI is InChI=1S/C13H16ClNO3/c1-17-8-11-3-4-15(11)13(16)9-5-10(14)7-12(6-9)18-2/h5-7,11H,3-4,8H2,1-2H3. The van der Waals surface area contributed by atoms with Crippen LogP contribution in [0.4, 0.5) is 0 Å². The van der Waals surface area contributed by atoms with Crippen molar-refractivity contribution in [2.24, 2.45) is 0 Å². The van der Waals surface area contributed by atoms with E-state index < -0.39 is 0 Å². The van der Waals surface area contributed by atoms with E-state index in [2.05, 4.69) is 0 Å². The third-order valence-corrected chi connectivity index (χ3v) is 3.34. The maximum absolute atomic E-state index is 12.3. The van der Waals surface area contributed by atoms with Gasteiger partial charge in [-0.2, -0.15) is 0 Å². The van der Waals surface area contributed by atoms with Gasteiger partial charge in [-0.25, -0.2) is 0 Å². The molecule has 1 aliphatic rings. The quantitative estimate of drug-likeness (QED) is 0.841. The molecule has 1 fully saturated rings. The van der Waals surface area contributed by atoms with Crippen LogP contribution in [0.15, 0.2) is 18.2 Å². The average Bonchev–Trinajstić information content (AvgIpc) is 2.33. The fraction of sp³-hybridized carbons (Fsp3) is 0.462. The molecule has 4 nitrogen and oxygen atoms in total. The highest BCUT2D eigenvalue weighted by molar-refractivity contribution is 6.31. The van der Waals surface area contributed by atoms with Gasteiger partial charge in [0.15, 0.2) is 0 Å². The number of carbonyl (C=O) groups excluding carboxylic acids is 1. The molecule has 1 saturated heterocycles. The van der Waals surface area contributed by atoms with Crippen LogP contribution in [0.1, 0.15) is 16.8 Å². The number of carbonyl (C=O) groups is 1. The third kappa shape index (κ3) is 2.60. The minimum absolute atomic E-state index is 0.0240. The van der Waals surface area contributed by atoms with Crippen molar-refractivity contribution in [3.05, 3.63) is 28.8 Å². The van der Waals surface area contributed by atoms with Crippen LogP contribution in [0, 0.1) is 0 Å². The van der Waals surface area contributed by atoms with E-state index in [0.717, 1.165) is 13.0 Å². The monoisotopic (exact) mass is 269 g/mol. The summed E-state index contributed by atoms with van der Waals surface area (Å²) in [7, 11) is 3.20. The highest BCUT2D eigenvalue weighted by Crippen LogP contribution is 2.25. The lowest BCUT2D eigenvalue weighted by Gasteiger charge is -2.40. The average molecular weight is 270 g/mol. The number of hydrogen-bond donors (Lipinski definition) is 0. The third-order valence-electron chi connectivity index (χ3n) is 3.12. The van der Waals surface area contributed by atoms with E-state index in [9.17, 15) is 4.79 Å². The molecule has 1 aromatic carbocycles. The van der Waals surface area contributed by atoms with Gasteiger partial charge in [0.25, 0.3) is 5.91 Å². The molecule has 0 aliphatic carbocycles. The molecular formula is C13H16ClNO3. The Morgan fingerprint density at radius 1 is 1.44 bits per heavy atom. The molecule has 1 heterocycles. The summed E-state index contributed by atoms with van der Waals surface area (Å²) in [6.45, 7) is 1.34. The Morgan fingerprint density at radius 3 is 2.78 bits per heavy atom. The van der Waals surface area contributed by atoms with E-state index >= 15 is 0 Å². The molecule has 0 radical (unpaired) electrons. The SMILES string of the molecule is COCC1CCN1C(=O)c1cc(Cl)cc(OC)c1. The van der Waals surface area contributed by atoms with Crippen molar-refractivity contribution in [3.8, 4) is 5.75 Å². The predicted molar refractivity (Wildman–Crippen MR) is 69.3 cm³/mol. The van der Waals surface area contributed by atoms with Gasteiger partial charge in [0.05, 0.1) is 19.8 Å². The number of likely N-dealkylation sites (tertiary alicyclic amines) is 1. The maximum atomic E-state index is 12.3. The Kier molecular flexibility index (Phi) is 4.09. The predicted octanol–water partition coefficient (Wildman–Crippen LogP) is 2.21. The van der Waals surface area contributed by atoms with E-state index in [1.165, 1.54) is 0 Å². The molecule has 0 N–H and O–H groups in total. The first kappa shape index (κ1) is 13.2. The number of benzene rings is 1. The molecule has 0 saturated carbocycles. The zero-order valence-corrected chi connectivity index (χ0v) is 11.2. The van der Waals surface area contributed by atoms with Crippen LogP contribution < -0.4 is 4.74 Å². The van der Waals surface area contributed by atoms with Gasteiger partial charge in [0.2, 0.25) is 0 Å². The van der Waals surface area contributed by atoms with Gasteiger partial charge in [-0.1, -0.05) is 11.6 Å². The summed E-state index contributed by atoms with van der Waals surface area (Å²) in [5.74, 6) is 0.568. The molecule has 5 heteroatoms. The Bertz CT molecular complexity index is 450. The lowest BCUT2D eigenvalue weighted by molar-refractivity contribution is 0.0201. The minimum Gasteiger partial charge on any atom is -0.497 e. The molecule has 1 atom stereocenters. The van der Waals surface area contributed by atoms with Crippen LogP contribution in [-0.4, -0.2) is 44.2 Å². The second-order valence-electron chi connectivity index (χ2n) is 4.28. The van der Waals surface area contributed by atoms with Gasteiger partial charge in [-0.05, 0) is 24.6 Å². The van der Waals surface area contributed by atoms with E-state index in [1.54, 1.807) is 37.3 Å². The maximum Gasteiger partial charge on any atom is 0.254 e. The van der Waals surface area contributed by atoms with Gasteiger partial charge in [-0.3, -0.25) is 4.79 Å². The minimum atomic E-state index is -0.0240. The van der Waals surface area contributed by atoms with Crippen LogP contribution >= 0.6 is 11.6 Å². The lowest BCUT2D eigenvalue weighted by atomic mass is 10.0. The van der Waals surface area contributed by atoms with E-state index in [4.69, 9.17) is 21.1 Å². The van der Waals surface area contributed by atoms with Crippen LogP contribution in [0.2, 0.25) is 5.02 Å². The van der Waals surface area contributed by atoms with Crippen molar-refractivity contribution in [2.75, 3.05) is 27.4 Å². The number of ether oxygens (including phenoxy) is 2. The van der Waals surface area contributed by atoms with Gasteiger partial charge < -0.3 is 14.4 Å². The molecule has 1 aromatic rings. The topological polar surface area (TPSA) is 38.8 Å². The van der Waals surface area contributed by atoms with Crippen molar-refractivity contribution in [1.29, 1.82) is 0 Å². The van der Waals surface area contributed by atoms with Crippen molar-refractivity contribution in [2.45, 2.75) is 12.5 Å². The molecule has 18 heavy (non-hydrogen) atoms. The van der Waals surface area contributed by atoms with Crippen LogP contribution in [0.3, 0.4) is 0 Å². The number of nitrogens with zero attached hydrogens (tertiary/aromatic N) is 1. The summed E-state index contributed by atoms with van der Waals surface area (Å²) >= 11 is 5.96. The number of halogens is 1. The second kappa shape index (κ2) is 5.59. The molecule has 98 valence electrons. The van der Waals surface area contributed by atoms with Crippen molar-refractivity contribution >= 4 is 17.5 Å². The molecular weight excluding hydrogens is 254 g/mol. The zero-order chi connectivity index (χ0) is 13.1. The molecule has 1 unspecified atom stereocenters. The highest BCUT2D eigenvalue weighted by atomic mass is 35.5. The number of rotatable bonds is 4. The first-order chi connectivity index (χ1) is 8.65. The molecule has 1 aliphatic heterocycles. The first-order valence-corrected chi connectivity index (χ1v) is 6.18. The summed E-state index contributed by atoms with van der Waals surface area (Å²) in [5.41, 5.74) is 0.556. The highest BCUT2D eigenvalue weighted by Gasteiger charge is 2.32. The van der Waals surface area contributed by atoms with Gasteiger partial charge in [0, 0.05) is 24.2 Å². The van der Waals surface area contributed by atoms with Gasteiger partial charge in [0.1, 0.15) is 5.75 Å². The zero-order valence-electron chi connectivity index (χ0n) is 10.5. The van der Waals surface area contributed by atoms with Gasteiger partial charge in [-0.15, -0.1) is 0 Å². The smallest absolute Gasteiger partial charge is 0.254 e. The summed E-state index contributed by atoms with van der Waals surface area (Å²) in [5, 5.41) is 0.501. The van der Waals surface area contributed by atoms with Crippen LogP contribution in [-0.2, 0) is 4.74 Å². The Morgan fingerprint density at radius 2 is 2.22 bits per heavy atom. The Balaban J connectivity index is 2.16. The summed E-state index contributed by atoms with van der Waals surface area (Å²) in [4.78, 5) is 14.1. The summed E-state index contributed by atoms with van der Waals surface area (Å²) in [6, 6.07) is 5.22. The molecule has 0 spiro atoms. The van der Waals surface area contributed by atoms with Crippen molar-refractivity contribution in [3.63, 3.8) is 0 Å². The molecule has 0 bridgehead atoms. The first-order valence-electron chi connectivity index (χ1n) is 5.80. The van der Waals surface area contributed by atoms with Gasteiger partial charge >= 0.3 is 0 Å². The normalized spacial score (nSPS) is 18.4. The van der Waals surface area contributed by atoms with Crippen molar-refractivity contribution in [1.82, 2.24) is 4.90 Å². The molecule has 1 amide bonds. The van der Waals surface area contributed by atoms with E-state index in [-0.39, 0.29) is 11.9 Å². The van der Waals surface area contributed by atoms with Crippen LogP contribution in [0.25, 0.3) is 0 Å². The second-order valence-corrected chi connectivity index (χ2v) is 4.71. The lowest BCUT2D eigenvalue weighted by Crippen LogP contribution is -2.53. The van der Waals surface area contributed by atoms with Crippen molar-refractivity contribution < 1.29 is 14.3 Å². The van der Waals surface area contributed by atoms with Crippen LogP contribution in [0.5, 0.6) is 5.75 Å². The number of amides is 1. The largest absolute Gasteiger partial charge is 0.497 e. The Labute approximate surface area is 111 Å². The fourth-order valence-corrected chi connectivity index (χ4v) is 2.27. The molecule has 2 rings (SSSR count). The summed E-state index contributed by atoms with van der Waals surface area (Å²) in [6.07, 6.45) is 0.983. The van der Waals surface area contributed by atoms with E-state index in [1.807, 2.05) is 0 Å². The van der Waals surface area contributed by atoms with E-state index in [0.29, 0.717) is 22.9 Å². The number of methoxy groups -OCH3 is 2. The fourth-order valence-electron chi connectivity index (χ4n) is 2.04. The Hall–Kier alpha value is -1.26. The summed E-state index contributed by atoms with van der Waals surface area (Å²) < 4.78 is 10.2. The number of hydrogen-bond acceptors (Lipinski definition) is 3.